The Hall–Kier alpha value is -0.260. The number of thioether (sulfide) groups is 1. The summed E-state index contributed by atoms with van der Waals surface area (Å²) in [6, 6.07) is 0. The molecule has 0 bridgehead atoms. The summed E-state index contributed by atoms with van der Waals surface area (Å²) in [7, 11) is 1.43. The van der Waals surface area contributed by atoms with E-state index in [4.69, 9.17) is 14.2 Å². The Bertz CT molecular complexity index is 289. The first-order valence-electron chi connectivity index (χ1n) is 6.62. The molecule has 0 amide bonds. The van der Waals surface area contributed by atoms with Gasteiger partial charge in [0.1, 0.15) is 0 Å². The minimum atomic E-state index is -0.265. The molecule has 2 rings (SSSR count). The van der Waals surface area contributed by atoms with E-state index in [2.05, 4.69) is 0 Å². The number of hydrogen-bond acceptors (Lipinski definition) is 5. The van der Waals surface area contributed by atoms with E-state index in [1.807, 2.05) is 6.92 Å². The number of methoxy groups -OCH3 is 1. The fourth-order valence-corrected chi connectivity index (χ4v) is 3.57. The van der Waals surface area contributed by atoms with Crippen LogP contribution in [0.3, 0.4) is 0 Å². The van der Waals surface area contributed by atoms with Gasteiger partial charge in [-0.1, -0.05) is 6.92 Å². The molecule has 0 N–H and O–H groups in total. The molecule has 2 fully saturated rings. The molecule has 1 saturated heterocycles. The zero-order valence-corrected chi connectivity index (χ0v) is 12.0. The summed E-state index contributed by atoms with van der Waals surface area (Å²) in [6.07, 6.45) is 4.66. The Morgan fingerprint density at radius 3 is 2.89 bits per heavy atom. The van der Waals surface area contributed by atoms with E-state index in [9.17, 15) is 4.79 Å². The maximum absolute atomic E-state index is 11.3. The number of ether oxygens (including phenoxy) is 3. The molecule has 0 aromatic heterocycles. The molecule has 2 atom stereocenters. The molecule has 18 heavy (non-hydrogen) atoms. The van der Waals surface area contributed by atoms with Crippen molar-refractivity contribution in [3.05, 3.63) is 0 Å². The number of hydrogen-bond donors (Lipinski definition) is 0. The first kappa shape index (κ1) is 14.2. The van der Waals surface area contributed by atoms with Crippen LogP contribution in [0.25, 0.3) is 0 Å². The predicted octanol–water partition coefficient (Wildman–Crippen LogP) is 2.21. The van der Waals surface area contributed by atoms with Crippen molar-refractivity contribution in [1.82, 2.24) is 0 Å². The van der Waals surface area contributed by atoms with Gasteiger partial charge < -0.3 is 14.2 Å². The second kappa shape index (κ2) is 6.26. The number of esters is 1. The van der Waals surface area contributed by atoms with Crippen LogP contribution in [-0.2, 0) is 19.0 Å². The predicted molar refractivity (Wildman–Crippen MR) is 70.5 cm³/mol. The Labute approximate surface area is 113 Å². The SMILES string of the molecule is COC(=O)C(C)CSCC1COC2(CCCC2)O1. The normalized spacial score (nSPS) is 27.6. The summed E-state index contributed by atoms with van der Waals surface area (Å²) < 4.78 is 16.5. The topological polar surface area (TPSA) is 44.8 Å². The zero-order chi connectivity index (χ0) is 13.0. The third kappa shape index (κ3) is 3.39. The molecule has 1 spiro atoms. The van der Waals surface area contributed by atoms with Crippen molar-refractivity contribution in [2.45, 2.75) is 44.5 Å². The average Bonchev–Trinajstić information content (AvgIpc) is 2.99. The largest absolute Gasteiger partial charge is 0.469 e. The highest BCUT2D eigenvalue weighted by atomic mass is 32.2. The maximum atomic E-state index is 11.3. The minimum absolute atomic E-state index is 0.0530. The van der Waals surface area contributed by atoms with E-state index >= 15 is 0 Å². The van der Waals surface area contributed by atoms with Crippen LogP contribution in [0.15, 0.2) is 0 Å². The lowest BCUT2D eigenvalue weighted by atomic mass is 10.2. The van der Waals surface area contributed by atoms with Gasteiger partial charge in [-0.25, -0.2) is 0 Å². The third-order valence-corrected chi connectivity index (χ3v) is 4.90. The molecular formula is C13H22O4S. The average molecular weight is 274 g/mol. The van der Waals surface area contributed by atoms with Crippen LogP contribution in [0.2, 0.25) is 0 Å². The fourth-order valence-electron chi connectivity index (χ4n) is 2.52. The molecular weight excluding hydrogens is 252 g/mol. The van der Waals surface area contributed by atoms with Crippen molar-refractivity contribution in [1.29, 1.82) is 0 Å². The lowest BCUT2D eigenvalue weighted by Gasteiger charge is -2.21. The van der Waals surface area contributed by atoms with Gasteiger partial charge in [0.2, 0.25) is 0 Å². The molecule has 1 aliphatic heterocycles. The molecule has 5 heteroatoms. The molecule has 1 heterocycles. The van der Waals surface area contributed by atoms with Gasteiger partial charge >= 0.3 is 5.97 Å². The molecule has 2 unspecified atom stereocenters. The van der Waals surface area contributed by atoms with E-state index in [0.717, 1.165) is 24.3 Å². The van der Waals surface area contributed by atoms with E-state index in [1.165, 1.54) is 20.0 Å². The quantitative estimate of drug-likeness (QED) is 0.719. The molecule has 1 aliphatic carbocycles. The van der Waals surface area contributed by atoms with Crippen LogP contribution in [-0.4, -0.2) is 43.1 Å². The van der Waals surface area contributed by atoms with Crippen LogP contribution < -0.4 is 0 Å². The van der Waals surface area contributed by atoms with Gasteiger partial charge in [-0.15, -0.1) is 0 Å². The van der Waals surface area contributed by atoms with Gasteiger partial charge in [-0.3, -0.25) is 4.79 Å². The Kier molecular flexibility index (Phi) is 4.92. The maximum Gasteiger partial charge on any atom is 0.309 e. The first-order valence-corrected chi connectivity index (χ1v) is 7.78. The Morgan fingerprint density at radius 2 is 2.22 bits per heavy atom. The van der Waals surface area contributed by atoms with Crippen molar-refractivity contribution in [2.75, 3.05) is 25.2 Å². The Morgan fingerprint density at radius 1 is 1.50 bits per heavy atom. The highest BCUT2D eigenvalue weighted by Crippen LogP contribution is 2.39. The van der Waals surface area contributed by atoms with E-state index in [0.29, 0.717) is 6.61 Å². The van der Waals surface area contributed by atoms with Crippen LogP contribution in [0, 0.1) is 5.92 Å². The number of carbonyl (C=O) groups excluding carboxylic acids is 1. The second-order valence-corrected chi connectivity index (χ2v) is 6.21. The summed E-state index contributed by atoms with van der Waals surface area (Å²) in [5, 5.41) is 0. The van der Waals surface area contributed by atoms with Gasteiger partial charge in [-0.05, 0) is 12.8 Å². The van der Waals surface area contributed by atoms with E-state index in [-0.39, 0.29) is 23.8 Å². The molecule has 1 saturated carbocycles. The lowest BCUT2D eigenvalue weighted by molar-refractivity contribution is -0.159. The van der Waals surface area contributed by atoms with Gasteiger partial charge in [0, 0.05) is 24.3 Å². The summed E-state index contributed by atoms with van der Waals surface area (Å²) in [5.41, 5.74) is 0. The third-order valence-electron chi connectivity index (χ3n) is 3.55. The monoisotopic (exact) mass is 274 g/mol. The fraction of sp³-hybridized carbons (Fsp3) is 0.923. The van der Waals surface area contributed by atoms with Crippen molar-refractivity contribution in [2.24, 2.45) is 5.92 Å². The van der Waals surface area contributed by atoms with Crippen LogP contribution >= 0.6 is 11.8 Å². The highest BCUT2D eigenvalue weighted by molar-refractivity contribution is 7.99. The van der Waals surface area contributed by atoms with E-state index in [1.54, 1.807) is 11.8 Å². The standard InChI is InChI=1S/C13H22O4S/c1-10(12(14)15-2)8-18-9-11-7-16-13(17-11)5-3-4-6-13/h10-11H,3-9H2,1-2H3. The molecule has 2 aliphatic rings. The molecule has 104 valence electrons. The summed E-state index contributed by atoms with van der Waals surface area (Å²) >= 11 is 1.74. The van der Waals surface area contributed by atoms with Crippen molar-refractivity contribution in [3.63, 3.8) is 0 Å². The van der Waals surface area contributed by atoms with Crippen molar-refractivity contribution in [3.8, 4) is 0 Å². The molecule has 0 radical (unpaired) electrons. The minimum Gasteiger partial charge on any atom is -0.469 e. The van der Waals surface area contributed by atoms with Crippen molar-refractivity contribution < 1.29 is 19.0 Å². The molecule has 0 aromatic carbocycles. The first-order chi connectivity index (χ1) is 8.65. The van der Waals surface area contributed by atoms with Crippen LogP contribution in [0.5, 0.6) is 0 Å². The van der Waals surface area contributed by atoms with Gasteiger partial charge in [0.15, 0.2) is 5.79 Å². The summed E-state index contributed by atoms with van der Waals surface area (Å²) in [6.45, 7) is 2.59. The zero-order valence-electron chi connectivity index (χ0n) is 11.1. The number of rotatable bonds is 5. The smallest absolute Gasteiger partial charge is 0.309 e. The Balaban J connectivity index is 1.65. The molecule has 4 nitrogen and oxygen atoms in total. The highest BCUT2D eigenvalue weighted by Gasteiger charge is 2.43. The molecule has 0 aromatic rings. The number of carbonyl (C=O) groups is 1. The van der Waals surface area contributed by atoms with E-state index < -0.39 is 0 Å². The van der Waals surface area contributed by atoms with Crippen LogP contribution in [0.1, 0.15) is 32.6 Å². The van der Waals surface area contributed by atoms with Gasteiger partial charge in [0.05, 0.1) is 25.7 Å². The van der Waals surface area contributed by atoms with Gasteiger partial charge in [0.25, 0.3) is 0 Å². The van der Waals surface area contributed by atoms with Gasteiger partial charge in [-0.2, -0.15) is 11.8 Å². The second-order valence-electron chi connectivity index (χ2n) is 5.13. The van der Waals surface area contributed by atoms with Crippen molar-refractivity contribution >= 4 is 17.7 Å². The lowest BCUT2D eigenvalue weighted by Crippen LogP contribution is -2.27. The summed E-state index contributed by atoms with van der Waals surface area (Å²) in [5.74, 6) is 1.21. The van der Waals surface area contributed by atoms with Crippen LogP contribution in [0.4, 0.5) is 0 Å². The summed E-state index contributed by atoms with van der Waals surface area (Å²) in [4.78, 5) is 11.3.